The summed E-state index contributed by atoms with van der Waals surface area (Å²) < 4.78 is 32.0. The minimum absolute atomic E-state index is 0.0309. The molecule has 4 amide bonds. The standard InChI is InChI=1S/C41H43F2N11O4/c1-23(2)53-24(3)47-37-30(42)17-26(18-33(37)53)36-31(43)21-46-41(50-36)48-34-9-5-25(20-45-34)22-52-15-13-51(14-16-52)12-4-11-44-27-6-7-28-29(19-27)40(58)54(39(28)57)32-8-10-35(55)49-38(32)56/h5-7,9,17-21,23,32,44H,4,8,10-16,22H2,1-3H3,(H,49,55,56)(H,45,46,48,50). The van der Waals surface area contributed by atoms with E-state index in [-0.39, 0.29) is 52.7 Å². The van der Waals surface area contributed by atoms with Crippen molar-refractivity contribution in [1.82, 2.24) is 44.5 Å². The number of halogens is 2. The van der Waals surface area contributed by atoms with Crippen molar-refractivity contribution in [2.45, 2.75) is 58.7 Å². The minimum Gasteiger partial charge on any atom is -0.385 e. The Morgan fingerprint density at radius 1 is 0.879 bits per heavy atom. The van der Waals surface area contributed by atoms with Crippen LogP contribution in [0.1, 0.15) is 71.3 Å². The van der Waals surface area contributed by atoms with Gasteiger partial charge in [0.1, 0.15) is 28.9 Å². The van der Waals surface area contributed by atoms with E-state index in [0.717, 1.165) is 68.0 Å². The first-order valence-electron chi connectivity index (χ1n) is 19.4. The number of hydrogen-bond acceptors (Lipinski definition) is 12. The normalized spacial score (nSPS) is 17.7. The third-order valence-corrected chi connectivity index (χ3v) is 10.8. The van der Waals surface area contributed by atoms with E-state index >= 15 is 8.78 Å². The summed E-state index contributed by atoms with van der Waals surface area (Å²) in [5, 5.41) is 8.60. The number of carbonyl (C=O) groups excluding carboxylic acids is 4. The summed E-state index contributed by atoms with van der Waals surface area (Å²) in [6.45, 7) is 11.7. The summed E-state index contributed by atoms with van der Waals surface area (Å²) in [6.07, 6.45) is 3.92. The predicted molar refractivity (Wildman–Crippen MR) is 211 cm³/mol. The van der Waals surface area contributed by atoms with Gasteiger partial charge in [-0.15, -0.1) is 0 Å². The number of fused-ring (bicyclic) bond motifs is 2. The highest BCUT2D eigenvalue weighted by molar-refractivity contribution is 6.23. The van der Waals surface area contributed by atoms with Gasteiger partial charge in [0.05, 0.1) is 22.8 Å². The molecule has 0 aliphatic carbocycles. The number of benzene rings is 2. The highest BCUT2D eigenvalue weighted by Gasteiger charge is 2.44. The van der Waals surface area contributed by atoms with Crippen LogP contribution in [0.15, 0.2) is 54.9 Å². The number of aryl methyl sites for hydroxylation is 1. The Hall–Kier alpha value is -6.20. The first-order chi connectivity index (χ1) is 27.9. The van der Waals surface area contributed by atoms with Crippen LogP contribution in [-0.4, -0.2) is 108 Å². The van der Waals surface area contributed by atoms with Gasteiger partial charge in [-0.1, -0.05) is 6.07 Å². The highest BCUT2D eigenvalue weighted by atomic mass is 19.1. The monoisotopic (exact) mass is 791 g/mol. The topological polar surface area (TPSA) is 171 Å². The number of aromatic nitrogens is 5. The van der Waals surface area contributed by atoms with Crippen molar-refractivity contribution in [2.75, 3.05) is 49.9 Å². The molecule has 17 heteroatoms. The zero-order valence-electron chi connectivity index (χ0n) is 32.4. The van der Waals surface area contributed by atoms with E-state index in [4.69, 9.17) is 0 Å². The number of nitrogens with zero attached hydrogens (tertiary/aromatic N) is 8. The molecule has 3 aliphatic rings. The maximum Gasteiger partial charge on any atom is 0.262 e. The zero-order valence-corrected chi connectivity index (χ0v) is 32.4. The number of nitrogens with one attached hydrogen (secondary N) is 3. The first-order valence-corrected chi connectivity index (χ1v) is 19.4. The Kier molecular flexibility index (Phi) is 10.7. The molecule has 0 radical (unpaired) electrons. The molecule has 0 bridgehead atoms. The number of hydrogen-bond donors (Lipinski definition) is 3. The van der Waals surface area contributed by atoms with Gasteiger partial charge in [0, 0.05) is 69.2 Å². The lowest BCUT2D eigenvalue weighted by Gasteiger charge is -2.34. The molecule has 0 spiro atoms. The van der Waals surface area contributed by atoms with Gasteiger partial charge in [-0.2, -0.15) is 0 Å². The smallest absolute Gasteiger partial charge is 0.262 e. The second-order valence-corrected chi connectivity index (χ2v) is 15.1. The van der Waals surface area contributed by atoms with Crippen LogP contribution in [0.3, 0.4) is 0 Å². The number of piperazine rings is 1. The summed E-state index contributed by atoms with van der Waals surface area (Å²) in [4.78, 5) is 73.1. The SMILES string of the molecule is Cc1nc2c(F)cc(-c3nc(Nc4ccc(CN5CCN(CCCNc6ccc7c(c6)C(=O)N(C6CCC(=O)NC6=O)C7=O)CC5)cn4)ncc3F)cc2n1C(C)C. The van der Waals surface area contributed by atoms with Crippen LogP contribution in [0.5, 0.6) is 0 Å². The van der Waals surface area contributed by atoms with Gasteiger partial charge >= 0.3 is 0 Å². The van der Waals surface area contributed by atoms with E-state index < -0.39 is 41.3 Å². The summed E-state index contributed by atoms with van der Waals surface area (Å²) in [5.74, 6) is -2.01. The van der Waals surface area contributed by atoms with Crippen LogP contribution in [0.4, 0.5) is 26.2 Å². The first kappa shape index (κ1) is 38.7. The number of rotatable bonds is 12. The molecule has 3 aromatic heterocycles. The molecule has 8 rings (SSSR count). The van der Waals surface area contributed by atoms with Crippen LogP contribution >= 0.6 is 0 Å². The van der Waals surface area contributed by atoms with Crippen LogP contribution in [0.2, 0.25) is 0 Å². The Labute approximate surface area is 332 Å². The third-order valence-electron chi connectivity index (χ3n) is 10.8. The molecule has 1 unspecified atom stereocenters. The fourth-order valence-electron chi connectivity index (χ4n) is 7.94. The summed E-state index contributed by atoms with van der Waals surface area (Å²) in [7, 11) is 0. The molecule has 2 fully saturated rings. The van der Waals surface area contributed by atoms with Crippen molar-refractivity contribution < 1.29 is 28.0 Å². The average molecular weight is 792 g/mol. The molecule has 300 valence electrons. The summed E-state index contributed by atoms with van der Waals surface area (Å²) in [5.41, 5.74) is 3.32. The van der Waals surface area contributed by atoms with Gasteiger partial charge in [0.25, 0.3) is 11.8 Å². The Balaban J connectivity index is 0.793. The van der Waals surface area contributed by atoms with Gasteiger partial charge in [-0.25, -0.2) is 28.7 Å². The van der Waals surface area contributed by atoms with Crippen LogP contribution in [0, 0.1) is 18.6 Å². The molecule has 3 N–H and O–H groups in total. The Morgan fingerprint density at radius 3 is 2.40 bits per heavy atom. The second-order valence-electron chi connectivity index (χ2n) is 15.1. The maximum atomic E-state index is 15.1. The predicted octanol–water partition coefficient (Wildman–Crippen LogP) is 4.82. The second kappa shape index (κ2) is 16.0. The zero-order chi connectivity index (χ0) is 40.7. The molecule has 15 nitrogen and oxygen atoms in total. The molecule has 2 aromatic carbocycles. The fourth-order valence-corrected chi connectivity index (χ4v) is 7.94. The van der Waals surface area contributed by atoms with Crippen molar-refractivity contribution in [3.05, 3.63) is 89.0 Å². The van der Waals surface area contributed by atoms with Gasteiger partial charge in [-0.3, -0.25) is 34.3 Å². The number of anilines is 3. The summed E-state index contributed by atoms with van der Waals surface area (Å²) >= 11 is 0. The van der Waals surface area contributed by atoms with Crippen molar-refractivity contribution in [1.29, 1.82) is 0 Å². The average Bonchev–Trinajstić information content (AvgIpc) is 3.67. The van der Waals surface area contributed by atoms with Gasteiger partial charge in [0.15, 0.2) is 11.6 Å². The van der Waals surface area contributed by atoms with Crippen LogP contribution in [-0.2, 0) is 16.1 Å². The van der Waals surface area contributed by atoms with Gasteiger partial charge < -0.3 is 20.1 Å². The lowest BCUT2D eigenvalue weighted by Crippen LogP contribution is -2.54. The Morgan fingerprint density at radius 2 is 1.66 bits per heavy atom. The quantitative estimate of drug-likeness (QED) is 0.117. The lowest BCUT2D eigenvalue weighted by molar-refractivity contribution is -0.136. The van der Waals surface area contributed by atoms with Crippen LogP contribution < -0.4 is 16.0 Å². The summed E-state index contributed by atoms with van der Waals surface area (Å²) in [6, 6.07) is 10.8. The van der Waals surface area contributed by atoms with Gasteiger partial charge in [0.2, 0.25) is 17.8 Å². The molecule has 1 atom stereocenters. The lowest BCUT2D eigenvalue weighted by atomic mass is 10.0. The van der Waals surface area contributed by atoms with Crippen molar-refractivity contribution in [3.63, 3.8) is 0 Å². The number of imidazole rings is 1. The highest BCUT2D eigenvalue weighted by Crippen LogP contribution is 2.32. The molecular weight excluding hydrogens is 749 g/mol. The van der Waals surface area contributed by atoms with Crippen molar-refractivity contribution in [3.8, 4) is 11.3 Å². The largest absolute Gasteiger partial charge is 0.385 e. The number of amides is 4. The van der Waals surface area contributed by atoms with Gasteiger partial charge in [-0.05, 0) is 82.1 Å². The third kappa shape index (κ3) is 7.74. The number of pyridine rings is 1. The fraction of sp³-hybridized carbons (Fsp3) is 0.366. The van der Waals surface area contributed by atoms with Crippen molar-refractivity contribution in [2.24, 2.45) is 0 Å². The van der Waals surface area contributed by atoms with Crippen molar-refractivity contribution >= 4 is 52.1 Å². The van der Waals surface area contributed by atoms with E-state index in [2.05, 4.69) is 45.7 Å². The number of carbonyl (C=O) groups is 4. The molecule has 0 saturated carbocycles. The van der Waals surface area contributed by atoms with E-state index in [9.17, 15) is 19.2 Å². The number of piperidine rings is 1. The molecule has 5 aromatic rings. The van der Waals surface area contributed by atoms with E-state index in [0.29, 0.717) is 23.7 Å². The van der Waals surface area contributed by atoms with Crippen LogP contribution in [0.25, 0.3) is 22.3 Å². The molecule has 58 heavy (non-hydrogen) atoms. The Bertz CT molecular complexity index is 2430. The molecular formula is C41H43F2N11O4. The minimum atomic E-state index is -0.990. The van der Waals surface area contributed by atoms with E-state index in [1.54, 1.807) is 30.5 Å². The molecule has 6 heterocycles. The van der Waals surface area contributed by atoms with E-state index in [1.807, 2.05) is 37.5 Å². The van der Waals surface area contributed by atoms with E-state index in [1.165, 1.54) is 6.07 Å². The maximum absolute atomic E-state index is 15.1. The molecule has 3 aliphatic heterocycles. The number of imide groups is 2. The molecule has 2 saturated heterocycles.